The first-order valence-electron chi connectivity index (χ1n) is 9.09. The van der Waals surface area contributed by atoms with Crippen LogP contribution in [0.25, 0.3) is 0 Å². The highest BCUT2D eigenvalue weighted by Crippen LogP contribution is 2.31. The molecule has 2 aromatic rings. The molecule has 0 bridgehead atoms. The smallest absolute Gasteiger partial charge is 0.226 e. The number of hydrogen-bond donors (Lipinski definition) is 2. The number of thiazole rings is 1. The second kappa shape index (κ2) is 8.56. The Labute approximate surface area is 158 Å². The molecule has 0 atom stereocenters. The summed E-state index contributed by atoms with van der Waals surface area (Å²) in [5, 5.41) is 6.81. The molecule has 1 aliphatic heterocycles. The van der Waals surface area contributed by atoms with Crippen molar-refractivity contribution in [2.24, 2.45) is 0 Å². The van der Waals surface area contributed by atoms with Crippen molar-refractivity contribution < 1.29 is 9.59 Å². The minimum absolute atomic E-state index is 0.00205. The summed E-state index contributed by atoms with van der Waals surface area (Å²) >= 11 is 1.55. The Morgan fingerprint density at radius 1 is 1.19 bits per heavy atom. The molecule has 0 unspecified atom stereocenters. The van der Waals surface area contributed by atoms with Gasteiger partial charge in [-0.05, 0) is 62.9 Å². The van der Waals surface area contributed by atoms with E-state index in [1.54, 1.807) is 11.3 Å². The number of amides is 1. The van der Waals surface area contributed by atoms with E-state index < -0.39 is 0 Å². The molecular formula is C20H25N3O2S. The van der Waals surface area contributed by atoms with Crippen LogP contribution >= 0.6 is 11.3 Å². The lowest BCUT2D eigenvalue weighted by Crippen LogP contribution is -2.26. The molecular weight excluding hydrogens is 346 g/mol. The molecule has 5 nitrogen and oxygen atoms in total. The fourth-order valence-corrected chi connectivity index (χ4v) is 4.11. The number of nitrogens with zero attached hydrogens (tertiary/aromatic N) is 1. The first-order chi connectivity index (χ1) is 12.5. The average Bonchev–Trinajstić information content (AvgIpc) is 3.11. The van der Waals surface area contributed by atoms with Crippen LogP contribution in [-0.4, -0.2) is 29.8 Å². The van der Waals surface area contributed by atoms with E-state index in [4.69, 9.17) is 0 Å². The molecule has 26 heavy (non-hydrogen) atoms. The van der Waals surface area contributed by atoms with Gasteiger partial charge in [-0.25, -0.2) is 4.98 Å². The number of carbonyl (C=O) groups is 2. The second-order valence-electron chi connectivity index (χ2n) is 6.86. The van der Waals surface area contributed by atoms with E-state index in [-0.39, 0.29) is 24.5 Å². The summed E-state index contributed by atoms with van der Waals surface area (Å²) in [6, 6.07) is 5.66. The van der Waals surface area contributed by atoms with Crippen molar-refractivity contribution in [3.8, 4) is 0 Å². The van der Waals surface area contributed by atoms with Crippen LogP contribution in [0.1, 0.15) is 58.0 Å². The maximum absolute atomic E-state index is 12.3. The predicted molar refractivity (Wildman–Crippen MR) is 105 cm³/mol. The molecule has 0 radical (unpaired) electrons. The molecule has 1 fully saturated rings. The zero-order valence-electron chi connectivity index (χ0n) is 15.3. The van der Waals surface area contributed by atoms with Gasteiger partial charge in [0.15, 0.2) is 10.9 Å². The van der Waals surface area contributed by atoms with Gasteiger partial charge in [0.05, 0.1) is 0 Å². The SMILES string of the molecule is Cc1ccc(C(=O)CCC(=O)Nc2ncc(C3CCNCC3)s2)cc1C. The van der Waals surface area contributed by atoms with Gasteiger partial charge >= 0.3 is 0 Å². The number of benzene rings is 1. The molecule has 2 heterocycles. The van der Waals surface area contributed by atoms with Gasteiger partial charge in [0.1, 0.15) is 0 Å². The van der Waals surface area contributed by atoms with Crippen LogP contribution in [0.5, 0.6) is 0 Å². The summed E-state index contributed by atoms with van der Waals surface area (Å²) in [7, 11) is 0. The van der Waals surface area contributed by atoms with Gasteiger partial charge in [-0.3, -0.25) is 9.59 Å². The van der Waals surface area contributed by atoms with E-state index in [0.29, 0.717) is 16.6 Å². The largest absolute Gasteiger partial charge is 0.317 e. The summed E-state index contributed by atoms with van der Waals surface area (Å²) in [5.74, 6) is 0.372. The number of aromatic nitrogens is 1. The average molecular weight is 372 g/mol. The molecule has 2 N–H and O–H groups in total. The third-order valence-electron chi connectivity index (χ3n) is 4.92. The quantitative estimate of drug-likeness (QED) is 0.757. The highest BCUT2D eigenvalue weighted by atomic mass is 32.1. The maximum atomic E-state index is 12.3. The van der Waals surface area contributed by atoms with Crippen molar-refractivity contribution >= 4 is 28.2 Å². The van der Waals surface area contributed by atoms with Crippen LogP contribution < -0.4 is 10.6 Å². The Bertz CT molecular complexity index is 794. The lowest BCUT2D eigenvalue weighted by Gasteiger charge is -2.20. The van der Waals surface area contributed by atoms with E-state index >= 15 is 0 Å². The van der Waals surface area contributed by atoms with Gasteiger partial charge in [0.25, 0.3) is 0 Å². The Kier molecular flexibility index (Phi) is 6.16. The number of nitrogens with one attached hydrogen (secondary N) is 2. The summed E-state index contributed by atoms with van der Waals surface area (Å²) < 4.78 is 0. The molecule has 1 aromatic heterocycles. The number of anilines is 1. The number of carbonyl (C=O) groups excluding carboxylic acids is 2. The zero-order valence-corrected chi connectivity index (χ0v) is 16.1. The number of hydrogen-bond acceptors (Lipinski definition) is 5. The molecule has 0 spiro atoms. The minimum Gasteiger partial charge on any atom is -0.317 e. The maximum Gasteiger partial charge on any atom is 0.226 e. The number of piperidine rings is 1. The molecule has 1 aliphatic rings. The Morgan fingerprint density at radius 3 is 2.69 bits per heavy atom. The van der Waals surface area contributed by atoms with Crippen molar-refractivity contribution in [1.82, 2.24) is 10.3 Å². The highest BCUT2D eigenvalue weighted by Gasteiger charge is 2.18. The molecule has 3 rings (SSSR count). The first kappa shape index (κ1) is 18.7. The molecule has 138 valence electrons. The van der Waals surface area contributed by atoms with E-state index in [9.17, 15) is 9.59 Å². The number of ketones is 1. The van der Waals surface area contributed by atoms with Crippen LogP contribution in [0.3, 0.4) is 0 Å². The summed E-state index contributed by atoms with van der Waals surface area (Å²) in [5.41, 5.74) is 2.92. The Morgan fingerprint density at radius 2 is 1.96 bits per heavy atom. The second-order valence-corrected chi connectivity index (χ2v) is 7.92. The third-order valence-corrected chi connectivity index (χ3v) is 5.99. The van der Waals surface area contributed by atoms with Crippen LogP contribution in [0.15, 0.2) is 24.4 Å². The summed E-state index contributed by atoms with van der Waals surface area (Å²) in [6.07, 6.45) is 4.48. The van der Waals surface area contributed by atoms with Crippen LogP contribution in [0, 0.1) is 13.8 Å². The molecule has 1 saturated heterocycles. The van der Waals surface area contributed by atoms with Gasteiger partial charge in [0, 0.05) is 29.5 Å². The van der Waals surface area contributed by atoms with Crippen molar-refractivity contribution in [3.63, 3.8) is 0 Å². The standard InChI is InChI=1S/C20H25N3O2S/c1-13-3-4-16(11-14(13)2)17(24)5-6-19(25)23-20-22-12-18(26-20)15-7-9-21-10-8-15/h3-4,11-12,15,21H,5-10H2,1-2H3,(H,22,23,25). The van der Waals surface area contributed by atoms with E-state index in [1.165, 1.54) is 4.88 Å². The van der Waals surface area contributed by atoms with Crippen molar-refractivity contribution in [2.75, 3.05) is 18.4 Å². The number of rotatable bonds is 6. The number of Topliss-reactive ketones (excluding diaryl/α,β-unsaturated/α-hetero) is 1. The van der Waals surface area contributed by atoms with Gasteiger partial charge < -0.3 is 10.6 Å². The van der Waals surface area contributed by atoms with Gasteiger partial charge in [-0.1, -0.05) is 12.1 Å². The molecule has 0 saturated carbocycles. The fourth-order valence-electron chi connectivity index (χ4n) is 3.11. The van der Waals surface area contributed by atoms with Crippen molar-refractivity contribution in [3.05, 3.63) is 46.0 Å². The van der Waals surface area contributed by atoms with Crippen LogP contribution in [-0.2, 0) is 4.79 Å². The zero-order chi connectivity index (χ0) is 18.5. The lowest BCUT2D eigenvalue weighted by atomic mass is 9.97. The van der Waals surface area contributed by atoms with E-state index in [2.05, 4.69) is 15.6 Å². The van der Waals surface area contributed by atoms with E-state index in [1.807, 2.05) is 38.2 Å². The molecule has 0 aliphatic carbocycles. The van der Waals surface area contributed by atoms with Crippen molar-refractivity contribution in [2.45, 2.75) is 45.4 Å². The molecule has 6 heteroatoms. The molecule has 1 aromatic carbocycles. The van der Waals surface area contributed by atoms with Gasteiger partial charge in [-0.2, -0.15) is 0 Å². The monoisotopic (exact) mass is 371 g/mol. The normalized spacial score (nSPS) is 15.0. The lowest BCUT2D eigenvalue weighted by molar-refractivity contribution is -0.116. The first-order valence-corrected chi connectivity index (χ1v) is 9.91. The summed E-state index contributed by atoms with van der Waals surface area (Å²) in [6.45, 7) is 6.07. The van der Waals surface area contributed by atoms with Gasteiger partial charge in [0.2, 0.25) is 5.91 Å². The highest BCUT2D eigenvalue weighted by molar-refractivity contribution is 7.15. The van der Waals surface area contributed by atoms with Crippen LogP contribution in [0.4, 0.5) is 5.13 Å². The van der Waals surface area contributed by atoms with Crippen LogP contribution in [0.2, 0.25) is 0 Å². The van der Waals surface area contributed by atoms with E-state index in [0.717, 1.165) is 37.1 Å². The topological polar surface area (TPSA) is 71.1 Å². The third kappa shape index (κ3) is 4.77. The fraction of sp³-hybridized carbons (Fsp3) is 0.450. The van der Waals surface area contributed by atoms with Gasteiger partial charge in [-0.15, -0.1) is 11.3 Å². The number of aryl methyl sites for hydroxylation is 2. The molecule has 1 amide bonds. The predicted octanol–water partition coefficient (Wildman–Crippen LogP) is 3.83. The Hall–Kier alpha value is -2.05. The minimum atomic E-state index is -0.159. The Balaban J connectivity index is 1.50. The van der Waals surface area contributed by atoms with Crippen molar-refractivity contribution in [1.29, 1.82) is 0 Å². The summed E-state index contributed by atoms with van der Waals surface area (Å²) in [4.78, 5) is 30.0.